The van der Waals surface area contributed by atoms with E-state index in [0.29, 0.717) is 6.04 Å². The number of nitrogens with one attached hydrogen (secondary N) is 1. The molecular weight excluding hydrogens is 227 g/mol. The highest BCUT2D eigenvalue weighted by atomic mass is 19.1. The van der Waals surface area contributed by atoms with Crippen molar-refractivity contribution in [2.75, 3.05) is 0 Å². The van der Waals surface area contributed by atoms with Crippen molar-refractivity contribution >= 4 is 0 Å². The highest BCUT2D eigenvalue weighted by molar-refractivity contribution is 5.27. The minimum Gasteiger partial charge on any atom is -0.303 e. The van der Waals surface area contributed by atoms with Gasteiger partial charge in [0, 0.05) is 6.04 Å². The summed E-state index contributed by atoms with van der Waals surface area (Å²) in [7, 11) is 0. The van der Waals surface area contributed by atoms with Crippen LogP contribution < -0.4 is 5.32 Å². The van der Waals surface area contributed by atoms with Gasteiger partial charge in [-0.2, -0.15) is 0 Å². The molecule has 2 aromatic rings. The lowest BCUT2D eigenvalue weighted by Crippen LogP contribution is -2.29. The lowest BCUT2D eigenvalue weighted by atomic mass is 10.0. The van der Waals surface area contributed by atoms with Gasteiger partial charge >= 0.3 is 0 Å². The number of aromatic nitrogens is 1. The molecule has 0 aliphatic carbocycles. The number of hydrogen-bond donors (Lipinski definition) is 1. The smallest absolute Gasteiger partial charge is 0.141 e. The molecule has 2 nitrogen and oxygen atoms in total. The van der Waals surface area contributed by atoms with Crippen LogP contribution in [0.5, 0.6) is 0 Å². The minimum absolute atomic E-state index is 0.00759. The van der Waals surface area contributed by atoms with Crippen LogP contribution in [0.3, 0.4) is 0 Å². The third kappa shape index (κ3) is 3.14. The quantitative estimate of drug-likeness (QED) is 0.892. The topological polar surface area (TPSA) is 24.9 Å². The van der Waals surface area contributed by atoms with Crippen LogP contribution in [0.2, 0.25) is 0 Å². The summed E-state index contributed by atoms with van der Waals surface area (Å²) in [6, 6.07) is 13.5. The van der Waals surface area contributed by atoms with Crippen LogP contribution in [0.4, 0.5) is 4.39 Å². The fourth-order valence-electron chi connectivity index (χ4n) is 1.89. The van der Waals surface area contributed by atoms with E-state index in [0.717, 1.165) is 11.3 Å². The van der Waals surface area contributed by atoms with Crippen LogP contribution in [0.25, 0.3) is 0 Å². The highest BCUT2D eigenvalue weighted by Crippen LogP contribution is 2.20. The second-order valence-electron chi connectivity index (χ2n) is 4.57. The van der Waals surface area contributed by atoms with Gasteiger partial charge in [-0.15, -0.1) is 0 Å². The number of pyridine rings is 1. The van der Waals surface area contributed by atoms with E-state index in [1.165, 1.54) is 12.3 Å². The van der Waals surface area contributed by atoms with Gasteiger partial charge in [0.15, 0.2) is 0 Å². The summed E-state index contributed by atoms with van der Waals surface area (Å²) in [5, 5.41) is 3.45. The van der Waals surface area contributed by atoms with Crippen LogP contribution in [0.15, 0.2) is 48.7 Å². The van der Waals surface area contributed by atoms with E-state index in [-0.39, 0.29) is 11.9 Å². The Balaban J connectivity index is 2.33. The number of halogens is 1. The zero-order valence-electron chi connectivity index (χ0n) is 10.6. The second kappa shape index (κ2) is 5.74. The second-order valence-corrected chi connectivity index (χ2v) is 4.57. The van der Waals surface area contributed by atoms with Crippen molar-refractivity contribution in [2.24, 2.45) is 0 Å². The first-order chi connectivity index (χ1) is 8.66. The molecule has 1 unspecified atom stereocenters. The lowest BCUT2D eigenvalue weighted by Gasteiger charge is -2.21. The Morgan fingerprint density at radius 1 is 1.06 bits per heavy atom. The van der Waals surface area contributed by atoms with Crippen molar-refractivity contribution in [2.45, 2.75) is 25.9 Å². The molecule has 0 spiro atoms. The first-order valence-electron chi connectivity index (χ1n) is 6.09. The summed E-state index contributed by atoms with van der Waals surface area (Å²) in [4.78, 5) is 4.17. The molecule has 0 fully saturated rings. The summed E-state index contributed by atoms with van der Waals surface area (Å²) in [6.07, 6.45) is 1.26. The van der Waals surface area contributed by atoms with E-state index in [1.807, 2.05) is 30.3 Å². The van der Waals surface area contributed by atoms with Crippen molar-refractivity contribution in [1.82, 2.24) is 10.3 Å². The normalized spacial score (nSPS) is 12.7. The van der Waals surface area contributed by atoms with Gasteiger partial charge in [0.1, 0.15) is 5.82 Å². The minimum atomic E-state index is -0.310. The molecule has 0 saturated heterocycles. The maximum atomic E-state index is 12.9. The van der Waals surface area contributed by atoms with E-state index in [4.69, 9.17) is 0 Å². The zero-order valence-corrected chi connectivity index (χ0v) is 10.6. The Morgan fingerprint density at radius 3 is 2.33 bits per heavy atom. The van der Waals surface area contributed by atoms with Gasteiger partial charge in [-0.1, -0.05) is 30.3 Å². The molecule has 0 aliphatic rings. The summed E-state index contributed by atoms with van der Waals surface area (Å²) in [6.45, 7) is 4.17. The first-order valence-corrected chi connectivity index (χ1v) is 6.09. The largest absolute Gasteiger partial charge is 0.303 e. The monoisotopic (exact) mass is 244 g/mol. The third-order valence-electron chi connectivity index (χ3n) is 2.68. The zero-order chi connectivity index (χ0) is 13.0. The molecule has 0 radical (unpaired) electrons. The van der Waals surface area contributed by atoms with Gasteiger partial charge in [0.2, 0.25) is 0 Å². The average molecular weight is 244 g/mol. The van der Waals surface area contributed by atoms with Crippen LogP contribution in [-0.4, -0.2) is 11.0 Å². The van der Waals surface area contributed by atoms with Crippen molar-refractivity contribution < 1.29 is 4.39 Å². The van der Waals surface area contributed by atoms with Crippen LogP contribution in [0, 0.1) is 5.82 Å². The third-order valence-corrected chi connectivity index (χ3v) is 2.68. The molecule has 0 amide bonds. The Labute approximate surface area is 107 Å². The Kier molecular flexibility index (Phi) is 4.05. The molecule has 1 heterocycles. The van der Waals surface area contributed by atoms with E-state index in [9.17, 15) is 4.39 Å². The van der Waals surface area contributed by atoms with Crippen molar-refractivity contribution in [3.05, 3.63) is 65.7 Å². The predicted octanol–water partition coefficient (Wildman–Crippen LogP) is 3.31. The fourth-order valence-corrected chi connectivity index (χ4v) is 1.89. The Hall–Kier alpha value is -1.74. The van der Waals surface area contributed by atoms with Crippen LogP contribution in [0.1, 0.15) is 31.1 Å². The van der Waals surface area contributed by atoms with E-state index in [1.54, 1.807) is 6.07 Å². The molecule has 1 aromatic carbocycles. The number of nitrogens with zero attached hydrogens (tertiary/aromatic N) is 1. The average Bonchev–Trinajstić information content (AvgIpc) is 2.38. The van der Waals surface area contributed by atoms with Gasteiger partial charge in [-0.3, -0.25) is 4.98 Å². The summed E-state index contributed by atoms with van der Waals surface area (Å²) >= 11 is 0. The van der Waals surface area contributed by atoms with Gasteiger partial charge in [0.05, 0.1) is 17.9 Å². The number of benzene rings is 1. The van der Waals surface area contributed by atoms with Crippen molar-refractivity contribution in [1.29, 1.82) is 0 Å². The van der Waals surface area contributed by atoms with E-state index >= 15 is 0 Å². The van der Waals surface area contributed by atoms with Crippen molar-refractivity contribution in [3.63, 3.8) is 0 Å². The summed E-state index contributed by atoms with van der Waals surface area (Å²) in [5.74, 6) is -0.310. The molecule has 18 heavy (non-hydrogen) atoms. The summed E-state index contributed by atoms with van der Waals surface area (Å²) in [5.41, 5.74) is 1.96. The van der Waals surface area contributed by atoms with Crippen molar-refractivity contribution in [3.8, 4) is 0 Å². The standard InChI is InChI=1S/C15H17FN2/c1-11(2)18-15(12-6-4-3-5-7-12)14-9-8-13(16)10-17-14/h3-11,15,18H,1-2H3. The molecule has 0 aliphatic heterocycles. The molecule has 3 heteroatoms. The van der Waals surface area contributed by atoms with Gasteiger partial charge in [-0.25, -0.2) is 4.39 Å². The Bertz CT molecular complexity index is 480. The maximum Gasteiger partial charge on any atom is 0.141 e. The lowest BCUT2D eigenvalue weighted by molar-refractivity contribution is 0.517. The van der Waals surface area contributed by atoms with E-state index in [2.05, 4.69) is 24.1 Å². The molecule has 94 valence electrons. The van der Waals surface area contributed by atoms with Gasteiger partial charge in [-0.05, 0) is 31.5 Å². The predicted molar refractivity (Wildman–Crippen MR) is 70.8 cm³/mol. The first kappa shape index (κ1) is 12.7. The molecule has 1 atom stereocenters. The molecule has 2 rings (SSSR count). The fraction of sp³-hybridized carbons (Fsp3) is 0.267. The highest BCUT2D eigenvalue weighted by Gasteiger charge is 2.15. The summed E-state index contributed by atoms with van der Waals surface area (Å²) < 4.78 is 12.9. The van der Waals surface area contributed by atoms with Gasteiger partial charge < -0.3 is 5.32 Å². The maximum absolute atomic E-state index is 12.9. The molecular formula is C15H17FN2. The molecule has 0 saturated carbocycles. The van der Waals surface area contributed by atoms with Crippen LogP contribution in [-0.2, 0) is 0 Å². The Morgan fingerprint density at radius 2 is 1.78 bits per heavy atom. The molecule has 1 N–H and O–H groups in total. The van der Waals surface area contributed by atoms with Gasteiger partial charge in [0.25, 0.3) is 0 Å². The SMILES string of the molecule is CC(C)NC(c1ccccc1)c1ccc(F)cn1. The number of hydrogen-bond acceptors (Lipinski definition) is 2. The van der Waals surface area contributed by atoms with E-state index < -0.39 is 0 Å². The van der Waals surface area contributed by atoms with Crippen LogP contribution >= 0.6 is 0 Å². The number of rotatable bonds is 4. The molecule has 1 aromatic heterocycles. The molecule has 0 bridgehead atoms.